The molecule has 3 N–H and O–H groups in total. The molecule has 0 atom stereocenters. The van der Waals surface area contributed by atoms with Crippen LogP contribution < -0.4 is 16.7 Å². The molecule has 9 aromatic heterocycles. The average molecular weight is 922 g/mol. The molecule has 0 radical (unpaired) electrons. The summed E-state index contributed by atoms with van der Waals surface area (Å²) in [4.78, 5) is 82.7. The van der Waals surface area contributed by atoms with E-state index in [0.717, 1.165) is 85.2 Å². The maximum absolute atomic E-state index is 13.7. The Bertz CT molecular complexity index is 3480. The van der Waals surface area contributed by atoms with Crippen LogP contribution in [0.5, 0.6) is 0 Å². The Kier molecular flexibility index (Phi) is 11.8. The molecular formula is C50H51N9O3S3. The fourth-order valence-corrected chi connectivity index (χ4v) is 12.1. The molecule has 0 unspecified atom stereocenters. The number of aromatic nitrogens is 9. The van der Waals surface area contributed by atoms with Crippen LogP contribution in [0.15, 0.2) is 62.2 Å². The van der Waals surface area contributed by atoms with Crippen LogP contribution in [-0.4, -0.2) is 44.9 Å². The standard InChI is InChI=1S/C50H51N9O3S3/c1-10-32-37(64-49-40(32)46(62)56-41(59-49)34-17-25(4)16-26(5)51-34)12-11-29-18-27(6)52-35(20-29)42-54-44(60)33-22-38(65-47(33)57-42)50(8,9)14-13-30-19-28(7)53-36(21-30)43-55-45(61)39-31(15-24(2)3)23-63-48(39)58-43/h16-24H,10-15H2,1-9H3,(H,54,57,60)(H,55,58,61)(H,56,59,62). The van der Waals surface area contributed by atoms with Crippen LogP contribution in [-0.2, 0) is 37.5 Å². The highest BCUT2D eigenvalue weighted by molar-refractivity contribution is 7.19. The van der Waals surface area contributed by atoms with E-state index < -0.39 is 0 Å². The van der Waals surface area contributed by atoms with Crippen LogP contribution in [0.25, 0.3) is 65.2 Å². The number of aromatic amines is 3. The van der Waals surface area contributed by atoms with Gasteiger partial charge in [0.25, 0.3) is 16.7 Å². The van der Waals surface area contributed by atoms with E-state index in [-0.39, 0.29) is 22.1 Å². The molecule has 9 aromatic rings. The summed E-state index contributed by atoms with van der Waals surface area (Å²) in [5.74, 6) is 1.82. The highest BCUT2D eigenvalue weighted by atomic mass is 32.1. The second-order valence-electron chi connectivity index (χ2n) is 18.2. The lowest BCUT2D eigenvalue weighted by Gasteiger charge is -2.23. The molecule has 0 spiro atoms. The molecule has 332 valence electrons. The Balaban J connectivity index is 0.933. The van der Waals surface area contributed by atoms with Crippen LogP contribution in [0.1, 0.15) is 95.7 Å². The van der Waals surface area contributed by atoms with Gasteiger partial charge in [-0.2, -0.15) is 0 Å². The number of thiophene rings is 3. The Morgan fingerprint density at radius 1 is 0.615 bits per heavy atom. The zero-order valence-corrected chi connectivity index (χ0v) is 40.5. The molecule has 0 aromatic carbocycles. The summed E-state index contributed by atoms with van der Waals surface area (Å²) in [7, 11) is 0. The number of hydrogen-bond acceptors (Lipinski definition) is 12. The van der Waals surface area contributed by atoms with Gasteiger partial charge >= 0.3 is 0 Å². The quantitative estimate of drug-likeness (QED) is 0.102. The first-order valence-corrected chi connectivity index (χ1v) is 24.5. The molecule has 0 fully saturated rings. The van der Waals surface area contributed by atoms with Gasteiger partial charge in [0.05, 0.1) is 16.2 Å². The van der Waals surface area contributed by atoms with E-state index >= 15 is 0 Å². The van der Waals surface area contributed by atoms with Gasteiger partial charge in [0.2, 0.25) is 0 Å². The zero-order valence-electron chi connectivity index (χ0n) is 38.1. The topological polar surface area (TPSA) is 176 Å². The third-order valence-electron chi connectivity index (χ3n) is 11.8. The Hall–Kier alpha value is -6.03. The van der Waals surface area contributed by atoms with Gasteiger partial charge in [-0.1, -0.05) is 34.6 Å². The van der Waals surface area contributed by atoms with Crippen LogP contribution in [0.4, 0.5) is 0 Å². The second kappa shape index (κ2) is 17.4. The number of hydrogen-bond donors (Lipinski definition) is 3. The van der Waals surface area contributed by atoms with Crippen molar-refractivity contribution >= 4 is 64.7 Å². The third-order valence-corrected chi connectivity index (χ3v) is 15.3. The first-order chi connectivity index (χ1) is 31.0. The Labute approximate surface area is 387 Å². The molecule has 0 aliphatic rings. The number of rotatable bonds is 13. The van der Waals surface area contributed by atoms with E-state index in [1.54, 1.807) is 22.7 Å². The van der Waals surface area contributed by atoms with Crippen molar-refractivity contribution < 1.29 is 0 Å². The summed E-state index contributed by atoms with van der Waals surface area (Å²) in [6.45, 7) is 18.6. The number of fused-ring (bicyclic) bond motifs is 3. The summed E-state index contributed by atoms with van der Waals surface area (Å²) in [6.07, 6.45) is 4.53. The monoisotopic (exact) mass is 921 g/mol. The number of nitrogens with one attached hydrogen (secondary N) is 3. The molecular weight excluding hydrogens is 871 g/mol. The van der Waals surface area contributed by atoms with Crippen molar-refractivity contribution in [2.75, 3.05) is 0 Å². The SMILES string of the molecule is CCc1c(CCc2cc(C)nc(-c3nc4sc(C(C)(C)CCc5cc(C)nc(-c6nc7scc(CC(C)C)c7c(=O)[nH]6)c5)cc4c(=O)[nH]3)c2)sc2nc(-c3cc(C)cc(C)n3)[nH]c(=O)c12. The minimum absolute atomic E-state index is 0.129. The highest BCUT2D eigenvalue weighted by Crippen LogP contribution is 2.37. The Morgan fingerprint density at radius 2 is 1.18 bits per heavy atom. The van der Waals surface area contributed by atoms with Gasteiger partial charge < -0.3 is 15.0 Å². The molecule has 65 heavy (non-hydrogen) atoms. The maximum Gasteiger partial charge on any atom is 0.260 e. The predicted molar refractivity (Wildman–Crippen MR) is 266 cm³/mol. The minimum Gasteiger partial charge on any atom is -0.305 e. The smallest absolute Gasteiger partial charge is 0.260 e. The van der Waals surface area contributed by atoms with Crippen molar-refractivity contribution in [3.63, 3.8) is 0 Å². The number of nitrogens with zero attached hydrogens (tertiary/aromatic N) is 6. The molecule has 0 saturated carbocycles. The summed E-state index contributed by atoms with van der Waals surface area (Å²) in [6, 6.07) is 14.1. The lowest BCUT2D eigenvalue weighted by molar-refractivity contribution is 0.489. The fraction of sp³-hybridized carbons (Fsp3) is 0.340. The van der Waals surface area contributed by atoms with Gasteiger partial charge in [0, 0.05) is 26.8 Å². The van der Waals surface area contributed by atoms with Crippen molar-refractivity contribution in [3.05, 3.63) is 134 Å². The van der Waals surface area contributed by atoms with Gasteiger partial charge in [-0.3, -0.25) is 14.4 Å². The fourth-order valence-electron chi connectivity index (χ4n) is 8.72. The van der Waals surface area contributed by atoms with Crippen molar-refractivity contribution in [2.24, 2.45) is 5.92 Å². The normalized spacial score (nSPS) is 12.2. The van der Waals surface area contributed by atoms with Crippen LogP contribution in [0.2, 0.25) is 0 Å². The predicted octanol–water partition coefficient (Wildman–Crippen LogP) is 10.5. The molecule has 0 aliphatic heterocycles. The number of pyridine rings is 3. The number of H-pyrrole nitrogens is 3. The summed E-state index contributed by atoms with van der Waals surface area (Å²) < 4.78 is 0. The summed E-state index contributed by atoms with van der Waals surface area (Å²) in [5.41, 5.74) is 8.98. The largest absolute Gasteiger partial charge is 0.305 e. The molecule has 0 amide bonds. The molecule has 0 bridgehead atoms. The highest BCUT2D eigenvalue weighted by Gasteiger charge is 2.26. The van der Waals surface area contributed by atoms with Crippen LogP contribution in [0, 0.1) is 33.6 Å². The average Bonchev–Trinajstić information content (AvgIpc) is 3.97. The van der Waals surface area contributed by atoms with E-state index in [2.05, 4.69) is 66.7 Å². The van der Waals surface area contributed by atoms with E-state index in [4.69, 9.17) is 24.9 Å². The molecule has 9 rings (SSSR count). The van der Waals surface area contributed by atoms with Crippen molar-refractivity contribution in [1.82, 2.24) is 44.9 Å². The van der Waals surface area contributed by atoms with Crippen LogP contribution in [0.3, 0.4) is 0 Å². The van der Waals surface area contributed by atoms with Gasteiger partial charge in [-0.05, 0) is 153 Å². The molecule has 9 heterocycles. The zero-order chi connectivity index (χ0) is 45.9. The first-order valence-electron chi connectivity index (χ1n) is 22.0. The summed E-state index contributed by atoms with van der Waals surface area (Å²) in [5, 5.41) is 3.93. The lowest BCUT2D eigenvalue weighted by atomic mass is 9.84. The van der Waals surface area contributed by atoms with Crippen molar-refractivity contribution in [2.45, 2.75) is 106 Å². The van der Waals surface area contributed by atoms with Gasteiger partial charge in [0.1, 0.15) is 31.6 Å². The van der Waals surface area contributed by atoms with Gasteiger partial charge in [-0.15, -0.1) is 34.0 Å². The molecule has 15 heteroatoms. The van der Waals surface area contributed by atoms with E-state index in [0.29, 0.717) is 79.1 Å². The van der Waals surface area contributed by atoms with E-state index in [9.17, 15) is 14.4 Å². The van der Waals surface area contributed by atoms with Crippen molar-refractivity contribution in [3.8, 4) is 34.6 Å². The minimum atomic E-state index is -0.276. The van der Waals surface area contributed by atoms with E-state index in [1.807, 2.05) is 63.4 Å². The second-order valence-corrected chi connectivity index (χ2v) is 21.2. The Morgan fingerprint density at radius 3 is 1.82 bits per heavy atom. The maximum atomic E-state index is 13.7. The molecule has 0 saturated heterocycles. The van der Waals surface area contributed by atoms with Crippen molar-refractivity contribution in [1.29, 1.82) is 0 Å². The number of aryl methyl sites for hydroxylation is 8. The van der Waals surface area contributed by atoms with E-state index in [1.165, 1.54) is 11.3 Å². The molecule has 12 nitrogen and oxygen atoms in total. The summed E-state index contributed by atoms with van der Waals surface area (Å²) >= 11 is 4.61. The van der Waals surface area contributed by atoms with Gasteiger partial charge in [0.15, 0.2) is 17.5 Å². The lowest BCUT2D eigenvalue weighted by Crippen LogP contribution is -2.17. The van der Waals surface area contributed by atoms with Crippen LogP contribution >= 0.6 is 34.0 Å². The molecule has 0 aliphatic carbocycles. The van der Waals surface area contributed by atoms with Gasteiger partial charge in [-0.25, -0.2) is 29.9 Å². The third kappa shape index (κ3) is 9.01. The first kappa shape index (κ1) is 44.2.